The van der Waals surface area contributed by atoms with Crippen molar-refractivity contribution in [2.75, 3.05) is 23.7 Å². The molecule has 0 spiro atoms. The van der Waals surface area contributed by atoms with E-state index in [1.807, 2.05) is 4.90 Å². The molecule has 0 radical (unpaired) electrons. The fourth-order valence-corrected chi connectivity index (χ4v) is 2.23. The van der Waals surface area contributed by atoms with E-state index >= 15 is 0 Å². The molecule has 1 aromatic rings. The van der Waals surface area contributed by atoms with Gasteiger partial charge in [-0.3, -0.25) is 0 Å². The molecule has 1 aliphatic rings. The molecule has 94 valence electrons. The van der Waals surface area contributed by atoms with E-state index in [0.717, 1.165) is 38.5 Å². The van der Waals surface area contributed by atoms with Gasteiger partial charge in [-0.1, -0.05) is 13.8 Å². The fraction of sp³-hybridized carbons (Fsp3) is 0.667. The normalized spacial score (nSPS) is 20.1. The Morgan fingerprint density at radius 2 is 2.12 bits per heavy atom. The largest absolute Gasteiger partial charge is 0.368 e. The molecule has 0 amide bonds. The summed E-state index contributed by atoms with van der Waals surface area (Å²) in [7, 11) is 0. The van der Waals surface area contributed by atoms with Crippen molar-refractivity contribution in [2.24, 2.45) is 5.41 Å². The highest BCUT2D eigenvalue weighted by atomic mass is 19.1. The smallest absolute Gasteiger partial charge is 0.222 e. The first-order chi connectivity index (χ1) is 7.98. The molecule has 0 unspecified atom stereocenters. The van der Waals surface area contributed by atoms with E-state index < -0.39 is 0 Å². The molecule has 1 aromatic heterocycles. The third-order valence-electron chi connectivity index (χ3n) is 3.38. The highest BCUT2D eigenvalue weighted by molar-refractivity contribution is 5.42. The second-order valence-corrected chi connectivity index (χ2v) is 5.40. The summed E-state index contributed by atoms with van der Waals surface area (Å²) in [5.74, 6) is 0.0824. The van der Waals surface area contributed by atoms with E-state index in [4.69, 9.17) is 5.73 Å². The Morgan fingerprint density at radius 3 is 2.88 bits per heavy atom. The Kier molecular flexibility index (Phi) is 3.17. The van der Waals surface area contributed by atoms with E-state index in [-0.39, 0.29) is 11.8 Å². The van der Waals surface area contributed by atoms with Crippen LogP contribution in [0.4, 0.5) is 16.2 Å². The summed E-state index contributed by atoms with van der Waals surface area (Å²) in [4.78, 5) is 9.63. The maximum Gasteiger partial charge on any atom is 0.222 e. The Hall–Kier alpha value is -1.39. The van der Waals surface area contributed by atoms with Crippen molar-refractivity contribution in [1.29, 1.82) is 0 Å². The summed E-state index contributed by atoms with van der Waals surface area (Å²) >= 11 is 0. The molecule has 2 rings (SSSR count). The van der Waals surface area contributed by atoms with Crippen LogP contribution >= 0.6 is 0 Å². The van der Waals surface area contributed by atoms with E-state index in [9.17, 15) is 4.39 Å². The van der Waals surface area contributed by atoms with Gasteiger partial charge in [-0.15, -0.1) is 0 Å². The molecule has 0 aliphatic carbocycles. The SMILES string of the molecule is CC1(C)CCCN(c2nc(N)ncc2F)CC1. The van der Waals surface area contributed by atoms with Crippen molar-refractivity contribution in [3.05, 3.63) is 12.0 Å². The average molecular weight is 238 g/mol. The minimum Gasteiger partial charge on any atom is -0.368 e. The van der Waals surface area contributed by atoms with Gasteiger partial charge in [0, 0.05) is 13.1 Å². The number of nitrogen functional groups attached to an aromatic ring is 1. The minimum absolute atomic E-state index is 0.130. The second-order valence-electron chi connectivity index (χ2n) is 5.40. The molecule has 0 aromatic carbocycles. The number of nitrogens with two attached hydrogens (primary N) is 1. The number of halogens is 1. The predicted molar refractivity (Wildman–Crippen MR) is 66.2 cm³/mol. The van der Waals surface area contributed by atoms with Gasteiger partial charge in [0.25, 0.3) is 0 Å². The van der Waals surface area contributed by atoms with Gasteiger partial charge in [-0.2, -0.15) is 4.98 Å². The Morgan fingerprint density at radius 1 is 1.35 bits per heavy atom. The zero-order chi connectivity index (χ0) is 12.5. The Bertz CT molecular complexity index is 405. The van der Waals surface area contributed by atoms with E-state index in [1.54, 1.807) is 0 Å². The van der Waals surface area contributed by atoms with Crippen LogP contribution in [0.5, 0.6) is 0 Å². The van der Waals surface area contributed by atoms with Crippen molar-refractivity contribution < 1.29 is 4.39 Å². The highest BCUT2D eigenvalue weighted by Gasteiger charge is 2.25. The first-order valence-corrected chi connectivity index (χ1v) is 6.01. The maximum absolute atomic E-state index is 13.7. The number of hydrogen-bond acceptors (Lipinski definition) is 4. The molecule has 17 heavy (non-hydrogen) atoms. The van der Waals surface area contributed by atoms with Crippen LogP contribution in [0.25, 0.3) is 0 Å². The van der Waals surface area contributed by atoms with Crippen LogP contribution in [-0.4, -0.2) is 23.1 Å². The molecule has 5 heteroatoms. The zero-order valence-corrected chi connectivity index (χ0v) is 10.4. The van der Waals surface area contributed by atoms with E-state index in [1.165, 1.54) is 0 Å². The number of rotatable bonds is 1. The Balaban J connectivity index is 2.19. The first-order valence-electron chi connectivity index (χ1n) is 6.01. The van der Waals surface area contributed by atoms with Crippen molar-refractivity contribution in [1.82, 2.24) is 9.97 Å². The van der Waals surface area contributed by atoms with Crippen molar-refractivity contribution in [3.63, 3.8) is 0 Å². The van der Waals surface area contributed by atoms with Gasteiger partial charge < -0.3 is 10.6 Å². The predicted octanol–water partition coefficient (Wildman–Crippen LogP) is 2.21. The van der Waals surface area contributed by atoms with Gasteiger partial charge >= 0.3 is 0 Å². The quantitative estimate of drug-likeness (QED) is 0.815. The molecule has 2 N–H and O–H groups in total. The van der Waals surface area contributed by atoms with Crippen LogP contribution in [0.3, 0.4) is 0 Å². The van der Waals surface area contributed by atoms with Gasteiger partial charge in [0.15, 0.2) is 11.6 Å². The van der Waals surface area contributed by atoms with Gasteiger partial charge in [0.05, 0.1) is 6.20 Å². The van der Waals surface area contributed by atoms with Crippen molar-refractivity contribution in [3.8, 4) is 0 Å². The molecule has 0 saturated carbocycles. The summed E-state index contributed by atoms with van der Waals surface area (Å²) in [5, 5.41) is 0. The average Bonchev–Trinajstić information content (AvgIpc) is 2.43. The highest BCUT2D eigenvalue weighted by Crippen LogP contribution is 2.31. The molecular weight excluding hydrogens is 219 g/mol. The summed E-state index contributed by atoms with van der Waals surface area (Å²) in [6, 6.07) is 0. The van der Waals surface area contributed by atoms with Crippen LogP contribution in [0.2, 0.25) is 0 Å². The summed E-state index contributed by atoms with van der Waals surface area (Å²) < 4.78 is 13.7. The summed E-state index contributed by atoms with van der Waals surface area (Å²) in [5.41, 5.74) is 5.83. The van der Waals surface area contributed by atoms with Crippen LogP contribution < -0.4 is 10.6 Å². The van der Waals surface area contributed by atoms with Crippen molar-refractivity contribution in [2.45, 2.75) is 33.1 Å². The zero-order valence-electron chi connectivity index (χ0n) is 10.4. The van der Waals surface area contributed by atoms with E-state index in [0.29, 0.717) is 11.2 Å². The van der Waals surface area contributed by atoms with Gasteiger partial charge in [0.1, 0.15) is 0 Å². The standard InChI is InChI=1S/C12H19FN4/c1-12(2)4-3-6-17(7-5-12)10-9(13)8-15-11(14)16-10/h8H,3-7H2,1-2H3,(H2,14,15,16). The lowest BCUT2D eigenvalue weighted by Crippen LogP contribution is -2.27. The molecule has 1 aliphatic heterocycles. The van der Waals surface area contributed by atoms with Crippen LogP contribution in [-0.2, 0) is 0 Å². The first kappa shape index (κ1) is 12.1. The lowest BCUT2D eigenvalue weighted by molar-refractivity contribution is 0.325. The lowest BCUT2D eigenvalue weighted by atomic mass is 9.85. The molecule has 2 heterocycles. The molecule has 0 atom stereocenters. The third kappa shape index (κ3) is 2.84. The van der Waals surface area contributed by atoms with E-state index in [2.05, 4.69) is 23.8 Å². The minimum atomic E-state index is -0.390. The number of aromatic nitrogens is 2. The topological polar surface area (TPSA) is 55.0 Å². The Labute approximate surface area is 101 Å². The van der Waals surface area contributed by atoms with Gasteiger partial charge in [-0.05, 0) is 24.7 Å². The monoisotopic (exact) mass is 238 g/mol. The molecular formula is C12H19FN4. The molecule has 1 fully saturated rings. The maximum atomic E-state index is 13.7. The molecule has 0 bridgehead atoms. The van der Waals surface area contributed by atoms with Crippen molar-refractivity contribution >= 4 is 11.8 Å². The number of anilines is 2. The van der Waals surface area contributed by atoms with Crippen LogP contribution in [0.15, 0.2) is 6.20 Å². The lowest BCUT2D eigenvalue weighted by Gasteiger charge is -2.24. The fourth-order valence-electron chi connectivity index (χ4n) is 2.23. The second kappa shape index (κ2) is 4.47. The summed E-state index contributed by atoms with van der Waals surface area (Å²) in [6.45, 7) is 6.15. The molecule has 4 nitrogen and oxygen atoms in total. The molecule has 1 saturated heterocycles. The van der Waals surface area contributed by atoms with Gasteiger partial charge in [0.2, 0.25) is 5.95 Å². The summed E-state index contributed by atoms with van der Waals surface area (Å²) in [6.07, 6.45) is 4.39. The van der Waals surface area contributed by atoms with Gasteiger partial charge in [-0.25, -0.2) is 9.37 Å². The van der Waals surface area contributed by atoms with Crippen LogP contribution in [0, 0.1) is 11.2 Å². The number of nitrogens with zero attached hydrogens (tertiary/aromatic N) is 3. The number of hydrogen-bond donors (Lipinski definition) is 1. The third-order valence-corrected chi connectivity index (χ3v) is 3.38. The van der Waals surface area contributed by atoms with Crippen LogP contribution in [0.1, 0.15) is 33.1 Å².